The lowest BCUT2D eigenvalue weighted by molar-refractivity contribution is 0.0829. The van der Waals surface area contributed by atoms with Crippen LogP contribution in [0.25, 0.3) is 0 Å². The fraction of sp³-hybridized carbons (Fsp3) is 0.500. The van der Waals surface area contributed by atoms with Crippen LogP contribution in [0, 0.1) is 11.8 Å². The lowest BCUT2D eigenvalue weighted by atomic mass is 9.76. The molecule has 2 aliphatic rings. The zero-order valence-electron chi connectivity index (χ0n) is 9.32. The number of hydrogen-bond acceptors (Lipinski definition) is 2. The van der Waals surface area contributed by atoms with Gasteiger partial charge in [-0.1, -0.05) is 24.3 Å². The van der Waals surface area contributed by atoms with Crippen molar-refractivity contribution in [1.29, 1.82) is 0 Å². The van der Waals surface area contributed by atoms with Gasteiger partial charge in [-0.25, -0.2) is 0 Å². The fourth-order valence-corrected chi connectivity index (χ4v) is 2.94. The molecule has 2 nitrogen and oxygen atoms in total. The van der Waals surface area contributed by atoms with Crippen molar-refractivity contribution in [2.24, 2.45) is 11.8 Å². The molecule has 1 saturated heterocycles. The summed E-state index contributed by atoms with van der Waals surface area (Å²) in [6.07, 6.45) is 3.10. The van der Waals surface area contributed by atoms with Crippen LogP contribution in [0.5, 0.6) is 0 Å². The Labute approximate surface area is 95.6 Å². The summed E-state index contributed by atoms with van der Waals surface area (Å²) in [5, 5.41) is 0. The van der Waals surface area contributed by atoms with Crippen LogP contribution in [0.15, 0.2) is 24.3 Å². The predicted molar refractivity (Wildman–Crippen MR) is 61.5 cm³/mol. The predicted octanol–water partition coefficient (Wildman–Crippen LogP) is 2.47. The zero-order chi connectivity index (χ0) is 11.0. The van der Waals surface area contributed by atoms with Crippen LogP contribution in [0.1, 0.15) is 28.8 Å². The standard InChI is InChI=1S/C14H16O2/c15-14-12-4-2-1-3-10(12)5-6-13(14)11-7-8-16-9-11/h1-4,11,13H,5-9H2. The molecule has 1 heterocycles. The average molecular weight is 216 g/mol. The molecule has 0 saturated carbocycles. The summed E-state index contributed by atoms with van der Waals surface area (Å²) in [6.45, 7) is 1.61. The van der Waals surface area contributed by atoms with Crippen molar-refractivity contribution < 1.29 is 9.53 Å². The summed E-state index contributed by atoms with van der Waals surface area (Å²) in [6, 6.07) is 8.03. The zero-order valence-corrected chi connectivity index (χ0v) is 9.32. The number of fused-ring (bicyclic) bond motifs is 1. The first-order valence-corrected chi connectivity index (χ1v) is 6.06. The molecule has 0 amide bonds. The van der Waals surface area contributed by atoms with Gasteiger partial charge in [0.1, 0.15) is 0 Å². The van der Waals surface area contributed by atoms with Gasteiger partial charge in [0.05, 0.1) is 6.61 Å². The molecule has 1 aliphatic heterocycles. The van der Waals surface area contributed by atoms with Crippen LogP contribution >= 0.6 is 0 Å². The van der Waals surface area contributed by atoms with Gasteiger partial charge in [0.2, 0.25) is 0 Å². The second-order valence-corrected chi connectivity index (χ2v) is 4.79. The molecule has 0 aromatic heterocycles. The van der Waals surface area contributed by atoms with Crippen LogP contribution in [-0.4, -0.2) is 19.0 Å². The van der Waals surface area contributed by atoms with Gasteiger partial charge in [0, 0.05) is 18.1 Å². The summed E-state index contributed by atoms with van der Waals surface area (Å²) in [7, 11) is 0. The largest absolute Gasteiger partial charge is 0.381 e. The maximum atomic E-state index is 12.3. The van der Waals surface area contributed by atoms with Gasteiger partial charge in [-0.3, -0.25) is 4.79 Å². The number of ketones is 1. The van der Waals surface area contributed by atoms with Gasteiger partial charge in [0.15, 0.2) is 5.78 Å². The van der Waals surface area contributed by atoms with E-state index in [1.807, 2.05) is 18.2 Å². The molecule has 3 rings (SSSR count). The molecule has 2 unspecified atom stereocenters. The monoisotopic (exact) mass is 216 g/mol. The number of carbonyl (C=O) groups excluding carboxylic acids is 1. The van der Waals surface area contributed by atoms with E-state index >= 15 is 0 Å². The first-order chi connectivity index (χ1) is 7.86. The quantitative estimate of drug-likeness (QED) is 0.721. The second kappa shape index (κ2) is 4.02. The van der Waals surface area contributed by atoms with Crippen LogP contribution in [-0.2, 0) is 11.2 Å². The Balaban J connectivity index is 1.88. The van der Waals surface area contributed by atoms with Crippen molar-refractivity contribution in [3.63, 3.8) is 0 Å². The normalized spacial score (nSPS) is 29.1. The van der Waals surface area contributed by atoms with Crippen molar-refractivity contribution in [2.45, 2.75) is 19.3 Å². The Kier molecular flexibility index (Phi) is 2.52. The molecule has 0 N–H and O–H groups in total. The molecule has 0 radical (unpaired) electrons. The molecule has 1 aromatic carbocycles. The SMILES string of the molecule is O=C1c2ccccc2CCC1C1CCOC1. The van der Waals surface area contributed by atoms with Crippen LogP contribution < -0.4 is 0 Å². The molecule has 1 aliphatic carbocycles. The van der Waals surface area contributed by atoms with Crippen molar-refractivity contribution in [2.75, 3.05) is 13.2 Å². The highest BCUT2D eigenvalue weighted by molar-refractivity contribution is 6.00. The minimum atomic E-state index is 0.206. The summed E-state index contributed by atoms with van der Waals surface area (Å²) in [5.41, 5.74) is 2.17. The topological polar surface area (TPSA) is 26.3 Å². The summed E-state index contributed by atoms with van der Waals surface area (Å²) >= 11 is 0. The molecular weight excluding hydrogens is 200 g/mol. The van der Waals surface area contributed by atoms with E-state index in [4.69, 9.17) is 4.74 Å². The number of carbonyl (C=O) groups is 1. The van der Waals surface area contributed by atoms with E-state index in [-0.39, 0.29) is 5.92 Å². The van der Waals surface area contributed by atoms with Crippen LogP contribution in [0.4, 0.5) is 0 Å². The van der Waals surface area contributed by atoms with Gasteiger partial charge in [-0.2, -0.15) is 0 Å². The molecule has 84 valence electrons. The van der Waals surface area contributed by atoms with E-state index < -0.39 is 0 Å². The Morgan fingerprint density at radius 1 is 1.19 bits per heavy atom. The van der Waals surface area contributed by atoms with Gasteiger partial charge < -0.3 is 4.74 Å². The highest BCUT2D eigenvalue weighted by Crippen LogP contribution is 2.33. The van der Waals surface area contributed by atoms with Crippen molar-refractivity contribution in [3.05, 3.63) is 35.4 Å². The van der Waals surface area contributed by atoms with Crippen molar-refractivity contribution >= 4 is 5.78 Å². The highest BCUT2D eigenvalue weighted by Gasteiger charge is 2.34. The van der Waals surface area contributed by atoms with E-state index in [1.54, 1.807) is 0 Å². The molecule has 1 fully saturated rings. The second-order valence-electron chi connectivity index (χ2n) is 4.79. The number of Topliss-reactive ketones (excluding diaryl/α,β-unsaturated/α-hetero) is 1. The van der Waals surface area contributed by atoms with E-state index in [0.29, 0.717) is 11.7 Å². The minimum absolute atomic E-state index is 0.206. The van der Waals surface area contributed by atoms with E-state index in [0.717, 1.165) is 38.0 Å². The maximum absolute atomic E-state index is 12.3. The minimum Gasteiger partial charge on any atom is -0.381 e. The smallest absolute Gasteiger partial charge is 0.166 e. The fourth-order valence-electron chi connectivity index (χ4n) is 2.94. The van der Waals surface area contributed by atoms with Crippen LogP contribution in [0.2, 0.25) is 0 Å². The third-order valence-electron chi connectivity index (χ3n) is 3.88. The first kappa shape index (κ1) is 10.0. The Hall–Kier alpha value is -1.15. The van der Waals surface area contributed by atoms with Gasteiger partial charge in [-0.05, 0) is 30.7 Å². The highest BCUT2D eigenvalue weighted by atomic mass is 16.5. The summed E-state index contributed by atoms with van der Waals surface area (Å²) in [4.78, 5) is 12.3. The molecular formula is C14H16O2. The van der Waals surface area contributed by atoms with Crippen molar-refractivity contribution in [1.82, 2.24) is 0 Å². The van der Waals surface area contributed by atoms with E-state index in [9.17, 15) is 4.79 Å². The van der Waals surface area contributed by atoms with Gasteiger partial charge in [-0.15, -0.1) is 0 Å². The Morgan fingerprint density at radius 2 is 2.06 bits per heavy atom. The molecule has 0 bridgehead atoms. The average Bonchev–Trinajstić information content (AvgIpc) is 2.83. The van der Waals surface area contributed by atoms with Gasteiger partial charge in [0.25, 0.3) is 0 Å². The molecule has 1 aromatic rings. The Bertz CT molecular complexity index is 405. The summed E-state index contributed by atoms with van der Waals surface area (Å²) in [5.74, 6) is 1.01. The lowest BCUT2D eigenvalue weighted by Crippen LogP contribution is -2.29. The van der Waals surface area contributed by atoms with E-state index in [2.05, 4.69) is 6.07 Å². The Morgan fingerprint density at radius 3 is 2.88 bits per heavy atom. The number of rotatable bonds is 1. The molecule has 16 heavy (non-hydrogen) atoms. The number of ether oxygens (including phenoxy) is 1. The van der Waals surface area contributed by atoms with Crippen molar-refractivity contribution in [3.8, 4) is 0 Å². The lowest BCUT2D eigenvalue weighted by Gasteiger charge is -2.26. The van der Waals surface area contributed by atoms with E-state index in [1.165, 1.54) is 5.56 Å². The van der Waals surface area contributed by atoms with Crippen LogP contribution in [0.3, 0.4) is 0 Å². The van der Waals surface area contributed by atoms with Gasteiger partial charge >= 0.3 is 0 Å². The maximum Gasteiger partial charge on any atom is 0.166 e. The third-order valence-corrected chi connectivity index (χ3v) is 3.88. The summed E-state index contributed by atoms with van der Waals surface area (Å²) < 4.78 is 5.39. The third kappa shape index (κ3) is 1.57. The number of hydrogen-bond donors (Lipinski definition) is 0. The molecule has 0 spiro atoms. The molecule has 2 heteroatoms. The molecule has 2 atom stereocenters. The number of benzene rings is 1. The first-order valence-electron chi connectivity index (χ1n) is 6.06. The number of aryl methyl sites for hydroxylation is 1.